The second kappa shape index (κ2) is 7.24. The number of benzene rings is 1. The monoisotopic (exact) mass is 398 g/mol. The Labute approximate surface area is 176 Å². The molecule has 0 spiro atoms. The Morgan fingerprint density at radius 1 is 1.07 bits per heavy atom. The standard InChI is InChI=1S/C25H26N4O/c1-4-25(2,3)30-17-10-11-18-19(12-14-27-21(18)16-17)23-22-9-7-15-29(22)28-24(23)20-8-5-6-13-26-20/h5-6,8,10-14,16H,4,7,9,15H2,1-3H3. The first-order chi connectivity index (χ1) is 14.6. The summed E-state index contributed by atoms with van der Waals surface area (Å²) in [5, 5.41) is 6.04. The van der Waals surface area contributed by atoms with Crippen molar-refractivity contribution in [2.45, 2.75) is 52.2 Å². The van der Waals surface area contributed by atoms with E-state index in [1.807, 2.05) is 36.7 Å². The van der Waals surface area contributed by atoms with Crippen LogP contribution < -0.4 is 4.74 Å². The van der Waals surface area contributed by atoms with E-state index in [1.54, 1.807) is 0 Å². The Bertz CT molecular complexity index is 1210. The topological polar surface area (TPSA) is 52.8 Å². The number of ether oxygens (including phenoxy) is 1. The Hall–Kier alpha value is -3.21. The molecule has 1 aliphatic heterocycles. The average molecular weight is 399 g/mol. The van der Waals surface area contributed by atoms with Crippen molar-refractivity contribution < 1.29 is 4.74 Å². The normalized spacial score (nSPS) is 13.6. The zero-order chi connectivity index (χ0) is 20.7. The summed E-state index contributed by atoms with van der Waals surface area (Å²) in [7, 11) is 0. The predicted octanol–water partition coefficient (Wildman–Crippen LogP) is 5.67. The Balaban J connectivity index is 1.67. The summed E-state index contributed by atoms with van der Waals surface area (Å²) in [6.45, 7) is 7.31. The van der Waals surface area contributed by atoms with E-state index in [0.717, 1.165) is 59.4 Å². The number of aromatic nitrogens is 4. The van der Waals surface area contributed by atoms with Crippen LogP contribution in [0.5, 0.6) is 5.75 Å². The molecule has 0 N–H and O–H groups in total. The molecular formula is C25H26N4O. The van der Waals surface area contributed by atoms with Gasteiger partial charge in [-0.25, -0.2) is 0 Å². The van der Waals surface area contributed by atoms with Gasteiger partial charge in [0.2, 0.25) is 0 Å². The lowest BCUT2D eigenvalue weighted by Gasteiger charge is -2.25. The summed E-state index contributed by atoms with van der Waals surface area (Å²) in [5.74, 6) is 0.851. The van der Waals surface area contributed by atoms with E-state index in [9.17, 15) is 0 Å². The van der Waals surface area contributed by atoms with Crippen molar-refractivity contribution >= 4 is 10.9 Å². The molecule has 30 heavy (non-hydrogen) atoms. The van der Waals surface area contributed by atoms with Gasteiger partial charge < -0.3 is 4.74 Å². The summed E-state index contributed by atoms with van der Waals surface area (Å²) in [5.41, 5.74) is 6.21. The summed E-state index contributed by atoms with van der Waals surface area (Å²) in [4.78, 5) is 9.22. The Morgan fingerprint density at radius 2 is 1.97 bits per heavy atom. The molecular weight excluding hydrogens is 372 g/mol. The van der Waals surface area contributed by atoms with Gasteiger partial charge in [0.05, 0.1) is 11.2 Å². The molecule has 5 nitrogen and oxygen atoms in total. The first-order valence-electron chi connectivity index (χ1n) is 10.6. The van der Waals surface area contributed by atoms with Crippen LogP contribution in [0.25, 0.3) is 33.4 Å². The van der Waals surface area contributed by atoms with Crippen molar-refractivity contribution in [3.05, 3.63) is 60.6 Å². The zero-order valence-corrected chi connectivity index (χ0v) is 17.7. The van der Waals surface area contributed by atoms with E-state index in [-0.39, 0.29) is 5.60 Å². The maximum atomic E-state index is 6.19. The Morgan fingerprint density at radius 3 is 2.77 bits per heavy atom. The minimum absolute atomic E-state index is 0.204. The smallest absolute Gasteiger partial charge is 0.122 e. The molecule has 0 aliphatic carbocycles. The second-order valence-electron chi connectivity index (χ2n) is 8.46. The molecule has 0 atom stereocenters. The lowest BCUT2D eigenvalue weighted by Crippen LogP contribution is -2.26. The van der Waals surface area contributed by atoms with Crippen molar-refractivity contribution in [3.63, 3.8) is 0 Å². The van der Waals surface area contributed by atoms with Crippen LogP contribution >= 0.6 is 0 Å². The van der Waals surface area contributed by atoms with E-state index >= 15 is 0 Å². The minimum Gasteiger partial charge on any atom is -0.488 e. The molecule has 4 aromatic rings. The molecule has 152 valence electrons. The highest BCUT2D eigenvalue weighted by Gasteiger charge is 2.25. The fourth-order valence-corrected chi connectivity index (χ4v) is 4.10. The third-order valence-electron chi connectivity index (χ3n) is 5.98. The number of nitrogens with zero attached hydrogens (tertiary/aromatic N) is 4. The van der Waals surface area contributed by atoms with E-state index in [4.69, 9.17) is 9.84 Å². The Kier molecular flexibility index (Phi) is 4.54. The third-order valence-corrected chi connectivity index (χ3v) is 5.98. The molecule has 0 saturated heterocycles. The first-order valence-corrected chi connectivity index (χ1v) is 10.6. The lowest BCUT2D eigenvalue weighted by molar-refractivity contribution is 0.105. The van der Waals surface area contributed by atoms with Crippen LogP contribution in [0.4, 0.5) is 0 Å². The molecule has 4 heterocycles. The molecule has 0 fully saturated rings. The molecule has 0 saturated carbocycles. The highest BCUT2D eigenvalue weighted by atomic mass is 16.5. The van der Waals surface area contributed by atoms with Crippen LogP contribution in [0.15, 0.2) is 54.9 Å². The van der Waals surface area contributed by atoms with Crippen molar-refractivity contribution in [1.82, 2.24) is 19.7 Å². The van der Waals surface area contributed by atoms with E-state index in [1.165, 1.54) is 11.3 Å². The van der Waals surface area contributed by atoms with Gasteiger partial charge in [-0.3, -0.25) is 14.6 Å². The molecule has 0 radical (unpaired) electrons. The number of hydrogen-bond acceptors (Lipinski definition) is 4. The van der Waals surface area contributed by atoms with Gasteiger partial charge in [0.25, 0.3) is 0 Å². The van der Waals surface area contributed by atoms with Crippen LogP contribution in [-0.4, -0.2) is 25.3 Å². The zero-order valence-electron chi connectivity index (χ0n) is 17.7. The van der Waals surface area contributed by atoms with Crippen LogP contribution in [0.1, 0.15) is 39.3 Å². The highest BCUT2D eigenvalue weighted by molar-refractivity contribution is 5.99. The second-order valence-corrected chi connectivity index (χ2v) is 8.46. The van der Waals surface area contributed by atoms with Gasteiger partial charge in [0, 0.05) is 41.6 Å². The predicted molar refractivity (Wildman–Crippen MR) is 120 cm³/mol. The van der Waals surface area contributed by atoms with Crippen molar-refractivity contribution in [1.29, 1.82) is 0 Å². The van der Waals surface area contributed by atoms with Gasteiger partial charge in [-0.05, 0) is 69.0 Å². The minimum atomic E-state index is -0.204. The fourth-order valence-electron chi connectivity index (χ4n) is 4.10. The molecule has 0 bridgehead atoms. The number of fused-ring (bicyclic) bond motifs is 2. The summed E-state index contributed by atoms with van der Waals surface area (Å²) < 4.78 is 8.34. The molecule has 1 aliphatic rings. The number of hydrogen-bond donors (Lipinski definition) is 0. The fraction of sp³-hybridized carbons (Fsp3) is 0.320. The van der Waals surface area contributed by atoms with E-state index in [2.05, 4.69) is 53.6 Å². The summed E-state index contributed by atoms with van der Waals surface area (Å²) >= 11 is 0. The molecule has 1 aromatic carbocycles. The van der Waals surface area contributed by atoms with E-state index in [0.29, 0.717) is 0 Å². The third kappa shape index (κ3) is 3.24. The van der Waals surface area contributed by atoms with Crippen molar-refractivity contribution in [2.75, 3.05) is 0 Å². The SMILES string of the molecule is CCC(C)(C)Oc1ccc2c(-c3c(-c4ccccn4)nn4c3CCC4)ccnc2c1. The lowest BCUT2D eigenvalue weighted by atomic mass is 9.96. The van der Waals surface area contributed by atoms with Gasteiger partial charge in [-0.15, -0.1) is 0 Å². The summed E-state index contributed by atoms with van der Waals surface area (Å²) in [6.07, 6.45) is 6.81. The molecule has 0 unspecified atom stereocenters. The van der Waals surface area contributed by atoms with Gasteiger partial charge >= 0.3 is 0 Å². The maximum absolute atomic E-state index is 6.19. The first kappa shape index (κ1) is 18.8. The molecule has 5 rings (SSSR count). The highest BCUT2D eigenvalue weighted by Crippen LogP contribution is 2.40. The number of aryl methyl sites for hydroxylation is 1. The van der Waals surface area contributed by atoms with Gasteiger partial charge in [0.15, 0.2) is 0 Å². The molecule has 0 amide bonds. The van der Waals surface area contributed by atoms with Crippen LogP contribution in [0, 0.1) is 0 Å². The van der Waals surface area contributed by atoms with Crippen LogP contribution in [0.2, 0.25) is 0 Å². The van der Waals surface area contributed by atoms with Crippen molar-refractivity contribution in [2.24, 2.45) is 0 Å². The number of rotatable bonds is 5. The summed E-state index contributed by atoms with van der Waals surface area (Å²) in [6, 6.07) is 14.3. The van der Waals surface area contributed by atoms with Crippen LogP contribution in [-0.2, 0) is 13.0 Å². The average Bonchev–Trinajstić information content (AvgIpc) is 3.35. The number of pyridine rings is 2. The van der Waals surface area contributed by atoms with Gasteiger partial charge in [-0.2, -0.15) is 5.10 Å². The maximum Gasteiger partial charge on any atom is 0.122 e. The van der Waals surface area contributed by atoms with Gasteiger partial charge in [-0.1, -0.05) is 13.0 Å². The van der Waals surface area contributed by atoms with E-state index < -0.39 is 0 Å². The quantitative estimate of drug-likeness (QED) is 0.434. The van der Waals surface area contributed by atoms with Gasteiger partial charge in [0.1, 0.15) is 17.0 Å². The van der Waals surface area contributed by atoms with Crippen LogP contribution in [0.3, 0.4) is 0 Å². The largest absolute Gasteiger partial charge is 0.488 e. The molecule has 3 aromatic heterocycles. The molecule has 5 heteroatoms. The van der Waals surface area contributed by atoms with Crippen molar-refractivity contribution in [3.8, 4) is 28.3 Å².